The molecule has 6 heteroatoms. The number of hydrogen-bond donors (Lipinski definition) is 3. The van der Waals surface area contributed by atoms with Gasteiger partial charge < -0.3 is 15.7 Å². The maximum Gasteiger partial charge on any atom is 0.233 e. The number of aromatic hydroxyl groups is 1. The van der Waals surface area contributed by atoms with E-state index in [4.69, 9.17) is 5.11 Å². The van der Waals surface area contributed by atoms with E-state index >= 15 is 0 Å². The Bertz CT molecular complexity index is 373. The molecule has 0 aliphatic rings. The van der Waals surface area contributed by atoms with E-state index in [0.717, 1.165) is 12.1 Å². The molecule has 0 saturated heterocycles. The standard InChI is InChI=1S/C10H12F2N2O2/c1-13-9(15)5-14-4-6-2-7(11)10(16)8(12)3-6/h2-3,14,16H,4-5H2,1H3,(H,13,15). The monoisotopic (exact) mass is 230 g/mol. The van der Waals surface area contributed by atoms with Gasteiger partial charge in [0.15, 0.2) is 17.4 Å². The van der Waals surface area contributed by atoms with Crippen LogP contribution in [-0.4, -0.2) is 24.6 Å². The zero-order valence-corrected chi connectivity index (χ0v) is 8.68. The molecule has 0 aromatic heterocycles. The van der Waals surface area contributed by atoms with E-state index in [1.165, 1.54) is 7.05 Å². The minimum absolute atomic E-state index is 0.0562. The number of carbonyl (C=O) groups excluding carboxylic acids is 1. The van der Waals surface area contributed by atoms with Gasteiger partial charge in [0.25, 0.3) is 0 Å². The molecule has 0 aliphatic carbocycles. The smallest absolute Gasteiger partial charge is 0.233 e. The van der Waals surface area contributed by atoms with Crippen molar-refractivity contribution in [2.45, 2.75) is 6.54 Å². The predicted octanol–water partition coefficient (Wildman–Crippen LogP) is 0.506. The average molecular weight is 230 g/mol. The molecule has 0 heterocycles. The third kappa shape index (κ3) is 3.16. The molecule has 0 unspecified atom stereocenters. The Morgan fingerprint density at radius 3 is 2.44 bits per heavy atom. The first-order chi connectivity index (χ1) is 7.54. The van der Waals surface area contributed by atoms with Gasteiger partial charge in [0.2, 0.25) is 5.91 Å². The van der Waals surface area contributed by atoms with E-state index in [0.29, 0.717) is 5.56 Å². The number of nitrogens with one attached hydrogen (secondary N) is 2. The van der Waals surface area contributed by atoms with Gasteiger partial charge in [0, 0.05) is 13.6 Å². The van der Waals surface area contributed by atoms with Crippen molar-refractivity contribution < 1.29 is 18.7 Å². The quantitative estimate of drug-likeness (QED) is 0.706. The first-order valence-electron chi connectivity index (χ1n) is 4.62. The molecule has 0 atom stereocenters. The SMILES string of the molecule is CNC(=O)CNCc1cc(F)c(O)c(F)c1. The Kier molecular flexibility index (Phi) is 4.19. The number of halogens is 2. The van der Waals surface area contributed by atoms with Crippen molar-refractivity contribution in [2.24, 2.45) is 0 Å². The van der Waals surface area contributed by atoms with Gasteiger partial charge in [-0.15, -0.1) is 0 Å². The number of likely N-dealkylation sites (N-methyl/N-ethyl adjacent to an activating group) is 1. The highest BCUT2D eigenvalue weighted by atomic mass is 19.1. The number of carbonyl (C=O) groups is 1. The molecular formula is C10H12F2N2O2. The van der Waals surface area contributed by atoms with Gasteiger partial charge in [-0.3, -0.25) is 4.79 Å². The van der Waals surface area contributed by atoms with Crippen LogP contribution in [0.2, 0.25) is 0 Å². The number of amides is 1. The second kappa shape index (κ2) is 5.41. The van der Waals surface area contributed by atoms with E-state index in [1.54, 1.807) is 0 Å². The summed E-state index contributed by atoms with van der Waals surface area (Å²) < 4.78 is 25.8. The Labute approximate surface area is 91.3 Å². The lowest BCUT2D eigenvalue weighted by Crippen LogP contribution is -2.31. The normalized spacial score (nSPS) is 10.2. The lowest BCUT2D eigenvalue weighted by Gasteiger charge is -2.05. The molecule has 1 rings (SSSR count). The zero-order chi connectivity index (χ0) is 12.1. The summed E-state index contributed by atoms with van der Waals surface area (Å²) in [7, 11) is 1.49. The highest BCUT2D eigenvalue weighted by molar-refractivity contribution is 5.77. The van der Waals surface area contributed by atoms with E-state index < -0.39 is 17.4 Å². The summed E-state index contributed by atoms with van der Waals surface area (Å²) in [5.74, 6) is -3.25. The minimum Gasteiger partial charge on any atom is -0.503 e. The van der Waals surface area contributed by atoms with Crippen molar-refractivity contribution in [3.8, 4) is 5.75 Å². The predicted molar refractivity (Wildman–Crippen MR) is 53.8 cm³/mol. The summed E-state index contributed by atoms with van der Waals surface area (Å²) in [5.41, 5.74) is 0.316. The Morgan fingerprint density at radius 1 is 1.38 bits per heavy atom. The van der Waals surface area contributed by atoms with Gasteiger partial charge in [-0.25, -0.2) is 8.78 Å². The van der Waals surface area contributed by atoms with Crippen LogP contribution in [0, 0.1) is 11.6 Å². The summed E-state index contributed by atoms with van der Waals surface area (Å²) in [6.45, 7) is 0.197. The lowest BCUT2D eigenvalue weighted by atomic mass is 10.2. The van der Waals surface area contributed by atoms with Crippen LogP contribution >= 0.6 is 0 Å². The van der Waals surface area contributed by atoms with E-state index in [-0.39, 0.29) is 19.0 Å². The third-order valence-corrected chi connectivity index (χ3v) is 1.97. The first-order valence-corrected chi connectivity index (χ1v) is 4.62. The number of rotatable bonds is 4. The molecule has 0 bridgehead atoms. The molecule has 0 spiro atoms. The minimum atomic E-state index is -1.02. The number of phenols is 1. The Balaban J connectivity index is 2.58. The van der Waals surface area contributed by atoms with Crippen molar-refractivity contribution in [2.75, 3.05) is 13.6 Å². The summed E-state index contributed by atoms with van der Waals surface area (Å²) >= 11 is 0. The van der Waals surface area contributed by atoms with Crippen molar-refractivity contribution in [1.82, 2.24) is 10.6 Å². The largest absolute Gasteiger partial charge is 0.503 e. The summed E-state index contributed by atoms with van der Waals surface area (Å²) in [5, 5.41) is 13.9. The van der Waals surface area contributed by atoms with Crippen LogP contribution in [0.4, 0.5) is 8.78 Å². The molecule has 88 valence electrons. The number of hydrogen-bond acceptors (Lipinski definition) is 3. The Morgan fingerprint density at radius 2 is 1.94 bits per heavy atom. The fourth-order valence-electron chi connectivity index (χ4n) is 1.13. The van der Waals surface area contributed by atoms with Crippen molar-refractivity contribution in [1.29, 1.82) is 0 Å². The topological polar surface area (TPSA) is 61.4 Å². The molecule has 1 aromatic rings. The van der Waals surface area contributed by atoms with Crippen molar-refractivity contribution in [3.05, 3.63) is 29.3 Å². The summed E-state index contributed by atoms with van der Waals surface area (Å²) in [6, 6.07) is 2.02. The molecule has 0 radical (unpaired) electrons. The van der Waals surface area contributed by atoms with Crippen LogP contribution in [-0.2, 0) is 11.3 Å². The van der Waals surface area contributed by atoms with E-state index in [1.807, 2.05) is 0 Å². The molecule has 1 aromatic carbocycles. The second-order valence-electron chi connectivity index (χ2n) is 3.18. The zero-order valence-electron chi connectivity index (χ0n) is 8.68. The van der Waals surface area contributed by atoms with Crippen LogP contribution in [0.25, 0.3) is 0 Å². The Hall–Kier alpha value is -1.69. The highest BCUT2D eigenvalue weighted by Crippen LogP contribution is 2.21. The van der Waals surface area contributed by atoms with Gasteiger partial charge in [-0.2, -0.15) is 0 Å². The van der Waals surface area contributed by atoms with Gasteiger partial charge in [0.1, 0.15) is 0 Å². The molecule has 0 fully saturated rings. The summed E-state index contributed by atoms with van der Waals surface area (Å²) in [6.07, 6.45) is 0. The van der Waals surface area contributed by atoms with Crippen LogP contribution in [0.5, 0.6) is 5.75 Å². The van der Waals surface area contributed by atoms with Gasteiger partial charge >= 0.3 is 0 Å². The van der Waals surface area contributed by atoms with Gasteiger partial charge in [0.05, 0.1) is 6.54 Å². The van der Waals surface area contributed by atoms with Gasteiger partial charge in [-0.05, 0) is 17.7 Å². The van der Waals surface area contributed by atoms with Crippen molar-refractivity contribution in [3.63, 3.8) is 0 Å². The van der Waals surface area contributed by atoms with E-state index in [2.05, 4.69) is 10.6 Å². The lowest BCUT2D eigenvalue weighted by molar-refractivity contribution is -0.119. The fraction of sp³-hybridized carbons (Fsp3) is 0.300. The van der Waals surface area contributed by atoms with Crippen LogP contribution in [0.15, 0.2) is 12.1 Å². The second-order valence-corrected chi connectivity index (χ2v) is 3.18. The maximum atomic E-state index is 12.9. The van der Waals surface area contributed by atoms with E-state index in [9.17, 15) is 13.6 Å². The molecule has 16 heavy (non-hydrogen) atoms. The maximum absolute atomic E-state index is 12.9. The molecular weight excluding hydrogens is 218 g/mol. The molecule has 3 N–H and O–H groups in total. The number of benzene rings is 1. The summed E-state index contributed by atoms with van der Waals surface area (Å²) in [4.78, 5) is 10.8. The molecule has 0 saturated carbocycles. The molecule has 1 amide bonds. The first kappa shape index (κ1) is 12.4. The van der Waals surface area contributed by atoms with Gasteiger partial charge in [-0.1, -0.05) is 0 Å². The highest BCUT2D eigenvalue weighted by Gasteiger charge is 2.09. The van der Waals surface area contributed by atoms with Crippen molar-refractivity contribution >= 4 is 5.91 Å². The average Bonchev–Trinajstić information content (AvgIpc) is 2.25. The van der Waals surface area contributed by atoms with Crippen LogP contribution in [0.1, 0.15) is 5.56 Å². The van der Waals surface area contributed by atoms with Crippen LogP contribution in [0.3, 0.4) is 0 Å². The van der Waals surface area contributed by atoms with Crippen LogP contribution < -0.4 is 10.6 Å². The third-order valence-electron chi connectivity index (χ3n) is 1.97. The number of phenolic OH excluding ortho intramolecular Hbond substituents is 1. The fourth-order valence-corrected chi connectivity index (χ4v) is 1.13. The molecule has 0 aliphatic heterocycles. The molecule has 4 nitrogen and oxygen atoms in total.